The molecule has 1 aliphatic rings. The van der Waals surface area contributed by atoms with Crippen molar-refractivity contribution >= 4 is 0 Å². The molecule has 2 heteroatoms. The summed E-state index contributed by atoms with van der Waals surface area (Å²) >= 11 is 0. The number of unbranched alkanes of at least 4 members (excludes halogenated alkanes) is 2. The quantitative estimate of drug-likeness (QED) is 0.696. The summed E-state index contributed by atoms with van der Waals surface area (Å²) < 4.78 is 5.74. The van der Waals surface area contributed by atoms with Gasteiger partial charge in [0.2, 0.25) is 0 Å². The van der Waals surface area contributed by atoms with Crippen LogP contribution in [0.2, 0.25) is 0 Å². The van der Waals surface area contributed by atoms with Crippen LogP contribution in [0.15, 0.2) is 24.3 Å². The van der Waals surface area contributed by atoms with Crippen LogP contribution in [0.4, 0.5) is 0 Å². The molecule has 1 aliphatic carbocycles. The van der Waals surface area contributed by atoms with E-state index in [4.69, 9.17) is 4.74 Å². The van der Waals surface area contributed by atoms with Crippen LogP contribution in [0, 0.1) is 0 Å². The zero-order valence-electron chi connectivity index (χ0n) is 13.1. The maximum Gasteiger partial charge on any atom is 0.119 e. The van der Waals surface area contributed by atoms with Gasteiger partial charge in [-0.1, -0.05) is 44.7 Å². The zero-order valence-corrected chi connectivity index (χ0v) is 13.1. The molecule has 0 bridgehead atoms. The second-order valence-electron chi connectivity index (χ2n) is 6.32. The van der Waals surface area contributed by atoms with Crippen molar-refractivity contribution in [3.63, 3.8) is 0 Å². The van der Waals surface area contributed by atoms with E-state index in [0.717, 1.165) is 25.3 Å². The third kappa shape index (κ3) is 4.82. The van der Waals surface area contributed by atoms with Crippen LogP contribution >= 0.6 is 0 Å². The highest BCUT2D eigenvalue weighted by atomic mass is 16.5. The summed E-state index contributed by atoms with van der Waals surface area (Å²) in [5.41, 5.74) is 1.70. The van der Waals surface area contributed by atoms with Gasteiger partial charge in [-0.25, -0.2) is 0 Å². The second kappa shape index (κ2) is 7.68. The molecular weight excluding hydrogens is 246 g/mol. The summed E-state index contributed by atoms with van der Waals surface area (Å²) in [4.78, 5) is 0. The Morgan fingerprint density at radius 2 is 1.80 bits per heavy atom. The Morgan fingerprint density at radius 1 is 1.10 bits per heavy atom. The minimum absolute atomic E-state index is 0.356. The van der Waals surface area contributed by atoms with Crippen LogP contribution in [0.25, 0.3) is 0 Å². The van der Waals surface area contributed by atoms with Crippen molar-refractivity contribution < 1.29 is 4.74 Å². The van der Waals surface area contributed by atoms with Crippen LogP contribution in [0.1, 0.15) is 64.4 Å². The Bertz CT molecular complexity index is 379. The first-order chi connectivity index (χ1) is 9.72. The third-order valence-corrected chi connectivity index (χ3v) is 4.37. The summed E-state index contributed by atoms with van der Waals surface area (Å²) in [6.45, 7) is 6.37. The number of ether oxygens (including phenoxy) is 1. The number of rotatable bonds is 8. The monoisotopic (exact) mass is 275 g/mol. The lowest BCUT2D eigenvalue weighted by atomic mass is 10.0. The van der Waals surface area contributed by atoms with E-state index in [0.29, 0.717) is 5.54 Å². The fourth-order valence-electron chi connectivity index (χ4n) is 2.89. The van der Waals surface area contributed by atoms with Crippen LogP contribution in [0.3, 0.4) is 0 Å². The van der Waals surface area contributed by atoms with Crippen LogP contribution < -0.4 is 10.1 Å². The third-order valence-electron chi connectivity index (χ3n) is 4.37. The highest BCUT2D eigenvalue weighted by Gasteiger charge is 2.27. The van der Waals surface area contributed by atoms with E-state index >= 15 is 0 Å². The van der Waals surface area contributed by atoms with E-state index in [9.17, 15) is 0 Å². The van der Waals surface area contributed by atoms with E-state index in [-0.39, 0.29) is 0 Å². The molecule has 1 aromatic rings. The molecule has 20 heavy (non-hydrogen) atoms. The van der Waals surface area contributed by atoms with Gasteiger partial charge in [-0.15, -0.1) is 0 Å². The SMILES string of the molecule is CCCCCOc1ccc(CNC2(C)CCCC2)cc1. The molecule has 1 aromatic carbocycles. The van der Waals surface area contributed by atoms with Crippen LogP contribution in [-0.2, 0) is 6.54 Å². The summed E-state index contributed by atoms with van der Waals surface area (Å²) in [5.74, 6) is 0.997. The average Bonchev–Trinajstić information content (AvgIpc) is 2.90. The molecule has 0 saturated heterocycles. The van der Waals surface area contributed by atoms with Gasteiger partial charge >= 0.3 is 0 Å². The first-order valence-corrected chi connectivity index (χ1v) is 8.19. The maximum atomic E-state index is 5.74. The molecular formula is C18H29NO. The standard InChI is InChI=1S/C18H29NO/c1-3-4-7-14-20-17-10-8-16(9-11-17)15-19-18(2)12-5-6-13-18/h8-11,19H,3-7,12-15H2,1-2H3. The van der Waals surface area contributed by atoms with Crippen molar-refractivity contribution in [2.75, 3.05) is 6.61 Å². The maximum absolute atomic E-state index is 5.74. The summed E-state index contributed by atoms with van der Waals surface area (Å²) in [5, 5.41) is 3.71. The summed E-state index contributed by atoms with van der Waals surface area (Å²) in [6.07, 6.45) is 9.00. The van der Waals surface area contributed by atoms with Crippen LogP contribution in [0.5, 0.6) is 5.75 Å². The first kappa shape index (κ1) is 15.4. The van der Waals surface area contributed by atoms with E-state index in [2.05, 4.69) is 43.4 Å². The number of hydrogen-bond acceptors (Lipinski definition) is 2. The molecule has 0 heterocycles. The molecule has 2 nitrogen and oxygen atoms in total. The van der Waals surface area contributed by atoms with Crippen molar-refractivity contribution in [3.8, 4) is 5.75 Å². The number of hydrogen-bond donors (Lipinski definition) is 1. The fourth-order valence-corrected chi connectivity index (χ4v) is 2.89. The van der Waals surface area contributed by atoms with E-state index < -0.39 is 0 Å². The lowest BCUT2D eigenvalue weighted by Gasteiger charge is -2.25. The fraction of sp³-hybridized carbons (Fsp3) is 0.667. The van der Waals surface area contributed by atoms with E-state index in [1.807, 2.05) is 0 Å². The highest BCUT2D eigenvalue weighted by Crippen LogP contribution is 2.29. The molecule has 0 unspecified atom stereocenters. The largest absolute Gasteiger partial charge is 0.494 e. The smallest absolute Gasteiger partial charge is 0.119 e. The van der Waals surface area contributed by atoms with Gasteiger partial charge in [0.25, 0.3) is 0 Å². The molecule has 0 radical (unpaired) electrons. The minimum Gasteiger partial charge on any atom is -0.494 e. The van der Waals surface area contributed by atoms with Gasteiger partial charge in [0.15, 0.2) is 0 Å². The molecule has 0 aromatic heterocycles. The zero-order chi connectivity index (χ0) is 14.3. The summed E-state index contributed by atoms with van der Waals surface area (Å²) in [7, 11) is 0. The number of nitrogens with one attached hydrogen (secondary N) is 1. The van der Waals surface area contributed by atoms with Gasteiger partial charge in [0.1, 0.15) is 5.75 Å². The second-order valence-corrected chi connectivity index (χ2v) is 6.32. The van der Waals surface area contributed by atoms with Crippen molar-refractivity contribution in [1.82, 2.24) is 5.32 Å². The Labute approximate surface area is 123 Å². The topological polar surface area (TPSA) is 21.3 Å². The minimum atomic E-state index is 0.356. The molecule has 2 rings (SSSR count). The summed E-state index contributed by atoms with van der Waals surface area (Å²) in [6, 6.07) is 8.56. The molecule has 1 fully saturated rings. The lowest BCUT2D eigenvalue weighted by Crippen LogP contribution is -2.38. The molecule has 0 atom stereocenters. The molecule has 112 valence electrons. The van der Waals surface area contributed by atoms with E-state index in [1.165, 1.54) is 44.1 Å². The molecule has 1 saturated carbocycles. The van der Waals surface area contributed by atoms with Crippen molar-refractivity contribution in [3.05, 3.63) is 29.8 Å². The molecule has 1 N–H and O–H groups in total. The molecule has 0 amide bonds. The Balaban J connectivity index is 1.73. The first-order valence-electron chi connectivity index (χ1n) is 8.19. The van der Waals surface area contributed by atoms with Gasteiger partial charge in [0.05, 0.1) is 6.61 Å². The van der Waals surface area contributed by atoms with Gasteiger partial charge in [0, 0.05) is 12.1 Å². The van der Waals surface area contributed by atoms with Gasteiger partial charge < -0.3 is 10.1 Å². The Hall–Kier alpha value is -1.02. The van der Waals surface area contributed by atoms with Crippen molar-refractivity contribution in [2.45, 2.75) is 70.9 Å². The lowest BCUT2D eigenvalue weighted by molar-refractivity contribution is 0.306. The van der Waals surface area contributed by atoms with E-state index in [1.54, 1.807) is 0 Å². The molecule has 0 aliphatic heterocycles. The predicted molar refractivity (Wildman–Crippen MR) is 85.2 cm³/mol. The van der Waals surface area contributed by atoms with Gasteiger partial charge in [-0.05, 0) is 43.9 Å². The molecule has 0 spiro atoms. The highest BCUT2D eigenvalue weighted by molar-refractivity contribution is 5.27. The predicted octanol–water partition coefficient (Wildman–Crippen LogP) is 4.68. The normalized spacial score (nSPS) is 17.3. The van der Waals surface area contributed by atoms with Crippen molar-refractivity contribution in [2.24, 2.45) is 0 Å². The van der Waals surface area contributed by atoms with Crippen LogP contribution in [-0.4, -0.2) is 12.1 Å². The van der Waals surface area contributed by atoms with Crippen molar-refractivity contribution in [1.29, 1.82) is 0 Å². The Kier molecular flexibility index (Phi) is 5.90. The number of benzene rings is 1. The Morgan fingerprint density at radius 3 is 2.45 bits per heavy atom. The van der Waals surface area contributed by atoms with Gasteiger partial charge in [-0.3, -0.25) is 0 Å². The van der Waals surface area contributed by atoms with Gasteiger partial charge in [-0.2, -0.15) is 0 Å². The average molecular weight is 275 g/mol.